The van der Waals surface area contributed by atoms with Gasteiger partial charge in [0, 0.05) is 31.9 Å². The number of ether oxygens (including phenoxy) is 1. The number of carbonyl (C=O) groups is 3. The lowest BCUT2D eigenvalue weighted by Crippen LogP contribution is -2.41. The van der Waals surface area contributed by atoms with Crippen LogP contribution in [0.3, 0.4) is 0 Å². The number of benzene rings is 1. The lowest BCUT2D eigenvalue weighted by atomic mass is 9.98. The van der Waals surface area contributed by atoms with Crippen LogP contribution in [-0.2, 0) is 31.4 Å². The minimum absolute atomic E-state index is 0.0142. The number of carbonyl (C=O) groups excluding carboxylic acids is 3. The van der Waals surface area contributed by atoms with Crippen LogP contribution < -0.4 is 5.32 Å². The number of para-hydroxylation sites is 1. The minimum Gasteiger partial charge on any atom is -0.452 e. The molecule has 1 amide bonds. The summed E-state index contributed by atoms with van der Waals surface area (Å²) >= 11 is 0. The second-order valence-corrected chi connectivity index (χ2v) is 9.97. The van der Waals surface area contributed by atoms with E-state index in [1.54, 1.807) is 42.8 Å². The van der Waals surface area contributed by atoms with Crippen LogP contribution in [0.15, 0.2) is 35.5 Å². The molecule has 1 unspecified atom stereocenters. The van der Waals surface area contributed by atoms with E-state index in [-0.39, 0.29) is 36.7 Å². The van der Waals surface area contributed by atoms with E-state index in [0.717, 1.165) is 0 Å². The molecule has 3 rings (SSSR count). The van der Waals surface area contributed by atoms with Gasteiger partial charge in [0.2, 0.25) is 0 Å². The molecule has 1 aliphatic heterocycles. The summed E-state index contributed by atoms with van der Waals surface area (Å²) in [5.74, 6) is -1.23. The third-order valence-corrected chi connectivity index (χ3v) is 7.47. The van der Waals surface area contributed by atoms with Gasteiger partial charge in [-0.1, -0.05) is 12.1 Å². The molecule has 1 aromatic heterocycles. The molecule has 0 bridgehead atoms. The summed E-state index contributed by atoms with van der Waals surface area (Å²) in [6, 6.07) is 6.58. The van der Waals surface area contributed by atoms with E-state index in [1.807, 2.05) is 0 Å². The molecule has 1 atom stereocenters. The number of aryl methyl sites for hydroxylation is 2. The highest BCUT2D eigenvalue weighted by molar-refractivity contribution is 7.89. The van der Waals surface area contributed by atoms with Gasteiger partial charge in [0.1, 0.15) is 5.82 Å². The molecule has 33 heavy (non-hydrogen) atoms. The van der Waals surface area contributed by atoms with E-state index in [2.05, 4.69) is 10.3 Å². The van der Waals surface area contributed by atoms with Gasteiger partial charge >= 0.3 is 5.97 Å². The molecule has 1 N–H and O–H groups in total. The van der Waals surface area contributed by atoms with Gasteiger partial charge in [-0.2, -0.15) is 4.31 Å². The topological polar surface area (TPSA) is 128 Å². The Hall–Kier alpha value is -3.05. The number of hydrogen-bond donors (Lipinski definition) is 1. The van der Waals surface area contributed by atoms with Crippen molar-refractivity contribution in [2.24, 2.45) is 13.0 Å². The normalized spacial score (nSPS) is 16.2. The maximum Gasteiger partial charge on any atom is 0.309 e. The predicted octanol–water partition coefficient (Wildman–Crippen LogP) is 1.90. The molecule has 1 saturated heterocycles. The number of Topliss-reactive ketones (excluding diaryl/α,β-unsaturated/α-hetero) is 1. The maximum atomic E-state index is 12.8. The van der Waals surface area contributed by atoms with Crippen LogP contribution in [-0.4, -0.2) is 59.1 Å². The molecule has 11 heteroatoms. The number of hydrogen-bond acceptors (Lipinski definition) is 7. The molecule has 10 nitrogen and oxygen atoms in total. The Labute approximate surface area is 193 Å². The molecule has 0 spiro atoms. The first-order valence-corrected chi connectivity index (χ1v) is 12.1. The number of rotatable bonds is 7. The lowest BCUT2D eigenvalue weighted by Gasteiger charge is -2.30. The van der Waals surface area contributed by atoms with Crippen molar-refractivity contribution >= 4 is 33.4 Å². The molecule has 0 saturated carbocycles. The van der Waals surface area contributed by atoms with Crippen LogP contribution in [0.2, 0.25) is 0 Å². The number of sulfonamides is 1. The first kappa shape index (κ1) is 24.6. The number of ketones is 1. The zero-order chi connectivity index (χ0) is 24.3. The second-order valence-electron chi connectivity index (χ2n) is 8.09. The van der Waals surface area contributed by atoms with Gasteiger partial charge in [-0.15, -0.1) is 0 Å². The highest BCUT2D eigenvalue weighted by Gasteiger charge is 2.35. The Morgan fingerprint density at radius 2 is 1.82 bits per heavy atom. The number of piperidine rings is 1. The van der Waals surface area contributed by atoms with Gasteiger partial charge < -0.3 is 14.6 Å². The first-order valence-electron chi connectivity index (χ1n) is 10.6. The molecule has 1 fully saturated rings. The van der Waals surface area contributed by atoms with Crippen molar-refractivity contribution in [3.05, 3.63) is 41.9 Å². The third-order valence-electron chi connectivity index (χ3n) is 5.70. The van der Waals surface area contributed by atoms with Gasteiger partial charge in [-0.3, -0.25) is 14.4 Å². The largest absolute Gasteiger partial charge is 0.452 e. The van der Waals surface area contributed by atoms with Crippen molar-refractivity contribution in [2.45, 2.75) is 44.7 Å². The van der Waals surface area contributed by atoms with Crippen molar-refractivity contribution in [3.8, 4) is 0 Å². The molecule has 0 radical (unpaired) electrons. The number of esters is 1. The summed E-state index contributed by atoms with van der Waals surface area (Å²) in [6.07, 6.45) is 0.961. The van der Waals surface area contributed by atoms with Crippen LogP contribution in [0.1, 0.15) is 42.9 Å². The number of imidazole rings is 1. The molecular formula is C22H28N4O6S. The molecule has 2 aromatic rings. The van der Waals surface area contributed by atoms with Crippen molar-refractivity contribution in [2.75, 3.05) is 18.4 Å². The number of amides is 1. The van der Waals surface area contributed by atoms with E-state index in [0.29, 0.717) is 17.1 Å². The molecule has 178 valence electrons. The highest BCUT2D eigenvalue weighted by Crippen LogP contribution is 2.25. The lowest BCUT2D eigenvalue weighted by molar-refractivity contribution is -0.158. The fourth-order valence-corrected chi connectivity index (χ4v) is 5.07. The maximum absolute atomic E-state index is 12.8. The quantitative estimate of drug-likeness (QED) is 0.477. The summed E-state index contributed by atoms with van der Waals surface area (Å²) in [4.78, 5) is 40.9. The van der Waals surface area contributed by atoms with E-state index in [9.17, 15) is 22.8 Å². The van der Waals surface area contributed by atoms with E-state index in [4.69, 9.17) is 4.74 Å². The van der Waals surface area contributed by atoms with Crippen molar-refractivity contribution in [1.29, 1.82) is 0 Å². The minimum atomic E-state index is -3.74. The predicted molar refractivity (Wildman–Crippen MR) is 120 cm³/mol. The zero-order valence-electron chi connectivity index (χ0n) is 19.1. The SMILES string of the molecule is CC(=O)c1ccccc1NC(=O)C(C)OC(=O)C1CCN(S(=O)(=O)c2cn(C)c(C)n2)CC1. The Kier molecular flexibility index (Phi) is 7.33. The second kappa shape index (κ2) is 9.84. The fraction of sp³-hybridized carbons (Fsp3) is 0.455. The monoisotopic (exact) mass is 476 g/mol. The molecular weight excluding hydrogens is 448 g/mol. The van der Waals surface area contributed by atoms with Crippen LogP contribution in [0.5, 0.6) is 0 Å². The Bertz CT molecular complexity index is 1150. The number of nitrogens with zero attached hydrogens (tertiary/aromatic N) is 3. The molecule has 0 aliphatic carbocycles. The van der Waals surface area contributed by atoms with E-state index in [1.165, 1.54) is 24.3 Å². The number of nitrogens with one attached hydrogen (secondary N) is 1. The van der Waals surface area contributed by atoms with Crippen LogP contribution in [0.25, 0.3) is 0 Å². The van der Waals surface area contributed by atoms with Crippen molar-refractivity contribution < 1.29 is 27.5 Å². The third kappa shape index (κ3) is 5.48. The van der Waals surface area contributed by atoms with Gasteiger partial charge in [0.15, 0.2) is 16.9 Å². The highest BCUT2D eigenvalue weighted by atomic mass is 32.2. The molecule has 2 heterocycles. The van der Waals surface area contributed by atoms with Crippen LogP contribution in [0.4, 0.5) is 5.69 Å². The molecule has 1 aliphatic rings. The smallest absolute Gasteiger partial charge is 0.309 e. The van der Waals surface area contributed by atoms with Gasteiger partial charge in [0.25, 0.3) is 15.9 Å². The Morgan fingerprint density at radius 3 is 2.39 bits per heavy atom. The number of aromatic nitrogens is 2. The fourth-order valence-electron chi connectivity index (χ4n) is 3.57. The van der Waals surface area contributed by atoms with E-state index < -0.39 is 33.9 Å². The van der Waals surface area contributed by atoms with Crippen LogP contribution >= 0.6 is 0 Å². The van der Waals surface area contributed by atoms with Crippen molar-refractivity contribution in [1.82, 2.24) is 13.9 Å². The summed E-state index contributed by atoms with van der Waals surface area (Å²) in [5.41, 5.74) is 0.710. The number of anilines is 1. The van der Waals surface area contributed by atoms with Gasteiger partial charge in [0.05, 0.1) is 11.6 Å². The van der Waals surface area contributed by atoms with Gasteiger partial charge in [-0.25, -0.2) is 13.4 Å². The first-order chi connectivity index (χ1) is 15.5. The summed E-state index contributed by atoms with van der Waals surface area (Å²) in [5, 5.41) is 2.60. The average Bonchev–Trinajstić information content (AvgIpc) is 3.13. The molecule has 1 aromatic carbocycles. The standard InChI is InChI=1S/C22H28N4O6S/c1-14(27)18-7-5-6-8-19(18)24-21(28)15(2)32-22(29)17-9-11-26(12-10-17)33(30,31)20-13-25(4)16(3)23-20/h5-8,13,15,17H,9-12H2,1-4H3,(H,24,28). The Morgan fingerprint density at radius 1 is 1.18 bits per heavy atom. The zero-order valence-corrected chi connectivity index (χ0v) is 19.9. The van der Waals surface area contributed by atoms with Gasteiger partial charge in [-0.05, 0) is 45.7 Å². The van der Waals surface area contributed by atoms with E-state index >= 15 is 0 Å². The van der Waals surface area contributed by atoms with Crippen molar-refractivity contribution in [3.63, 3.8) is 0 Å². The summed E-state index contributed by atoms with van der Waals surface area (Å²) in [6.45, 7) is 4.88. The average molecular weight is 477 g/mol. The Balaban J connectivity index is 1.55. The van der Waals surface area contributed by atoms with Crippen LogP contribution in [0, 0.1) is 12.8 Å². The summed E-state index contributed by atoms with van der Waals surface area (Å²) < 4.78 is 33.9. The summed E-state index contributed by atoms with van der Waals surface area (Å²) in [7, 11) is -2.02.